The van der Waals surface area contributed by atoms with Crippen LogP contribution in [0.2, 0.25) is 0 Å². The number of nitrogens with one attached hydrogen (secondary N) is 1. The van der Waals surface area contributed by atoms with Gasteiger partial charge in [-0.25, -0.2) is 0 Å². The van der Waals surface area contributed by atoms with Crippen LogP contribution in [-0.2, 0) is 5.75 Å². The number of hydrogen-bond donors (Lipinski definition) is 1. The van der Waals surface area contributed by atoms with Gasteiger partial charge in [-0.2, -0.15) is 4.99 Å². The van der Waals surface area contributed by atoms with Crippen molar-refractivity contribution in [3.63, 3.8) is 0 Å². The second-order valence-electron chi connectivity index (χ2n) is 6.36. The number of thiocarbonyl (C=S) groups is 1. The number of anilines is 2. The van der Waals surface area contributed by atoms with Gasteiger partial charge in [0.05, 0.1) is 0 Å². The van der Waals surface area contributed by atoms with Crippen LogP contribution in [0.1, 0.15) is 11.1 Å². The van der Waals surface area contributed by atoms with Crippen LogP contribution in [0.4, 0.5) is 11.4 Å². The molecule has 0 atom stereocenters. The fourth-order valence-electron chi connectivity index (χ4n) is 2.65. The van der Waals surface area contributed by atoms with E-state index in [0.717, 1.165) is 22.3 Å². The van der Waals surface area contributed by atoms with Gasteiger partial charge < -0.3 is 10.2 Å². The highest BCUT2D eigenvalue weighted by molar-refractivity contribution is 8.13. The summed E-state index contributed by atoms with van der Waals surface area (Å²) in [6.45, 7) is 2.06. The van der Waals surface area contributed by atoms with Crippen LogP contribution in [-0.4, -0.2) is 17.3 Å². The zero-order valence-electron chi connectivity index (χ0n) is 16.0. The first-order valence-electron chi connectivity index (χ1n) is 9.03. The molecular formula is C23H23N3S2. The molecule has 0 aliphatic carbocycles. The highest BCUT2D eigenvalue weighted by Crippen LogP contribution is 2.21. The Hall–Kier alpha value is -2.63. The zero-order valence-corrected chi connectivity index (χ0v) is 17.6. The van der Waals surface area contributed by atoms with Crippen molar-refractivity contribution in [1.29, 1.82) is 0 Å². The monoisotopic (exact) mass is 405 g/mol. The summed E-state index contributed by atoms with van der Waals surface area (Å²) in [6, 6.07) is 28.7. The van der Waals surface area contributed by atoms with Crippen molar-refractivity contribution in [3.8, 4) is 0 Å². The van der Waals surface area contributed by atoms with Gasteiger partial charge in [-0.1, -0.05) is 72.4 Å². The topological polar surface area (TPSA) is 27.6 Å². The molecule has 0 amide bonds. The van der Waals surface area contributed by atoms with Crippen LogP contribution < -0.4 is 10.2 Å². The van der Waals surface area contributed by atoms with Crippen LogP contribution in [0.15, 0.2) is 89.9 Å². The number of hydrogen-bond acceptors (Lipinski definition) is 2. The van der Waals surface area contributed by atoms with Crippen molar-refractivity contribution >= 4 is 45.6 Å². The molecular weight excluding hydrogens is 382 g/mol. The summed E-state index contributed by atoms with van der Waals surface area (Å²) in [6.07, 6.45) is 0. The Labute approximate surface area is 176 Å². The summed E-state index contributed by atoms with van der Waals surface area (Å²) in [5.41, 5.74) is 4.44. The largest absolute Gasteiger partial charge is 0.331 e. The van der Waals surface area contributed by atoms with E-state index in [1.165, 1.54) is 11.1 Å². The minimum Gasteiger partial charge on any atom is -0.331 e. The molecule has 0 unspecified atom stereocenters. The molecule has 0 aliphatic heterocycles. The summed E-state index contributed by atoms with van der Waals surface area (Å²) in [5.74, 6) is 0.823. The van der Waals surface area contributed by atoms with Gasteiger partial charge >= 0.3 is 0 Å². The second kappa shape index (κ2) is 10.1. The van der Waals surface area contributed by atoms with E-state index >= 15 is 0 Å². The fourth-order valence-corrected chi connectivity index (χ4v) is 3.85. The van der Waals surface area contributed by atoms with Crippen LogP contribution >= 0.6 is 24.0 Å². The Balaban J connectivity index is 1.79. The molecule has 142 valence electrons. The first-order valence-corrected chi connectivity index (χ1v) is 10.4. The summed E-state index contributed by atoms with van der Waals surface area (Å²) < 4.78 is 0. The standard InChI is InChI=1S/C23H23N3S2/c1-18-10-9-13-20(16-18)24-22(27)25-23(26(2)21-14-7-4-8-15-21)28-17-19-11-5-3-6-12-19/h3-16H,17H2,1-2H3,(H,24,27). The lowest BCUT2D eigenvalue weighted by Gasteiger charge is -2.21. The number of para-hydroxylation sites is 1. The third kappa shape index (κ3) is 5.94. The molecule has 0 aromatic heterocycles. The van der Waals surface area contributed by atoms with Gasteiger partial charge in [-0.05, 0) is 54.5 Å². The highest BCUT2D eigenvalue weighted by atomic mass is 32.2. The SMILES string of the molecule is Cc1cccc(NC(=S)N=C(SCc2ccccc2)N(C)c2ccccc2)c1. The lowest BCUT2D eigenvalue weighted by molar-refractivity contribution is 1.28. The second-order valence-corrected chi connectivity index (χ2v) is 7.69. The average molecular weight is 406 g/mol. The summed E-state index contributed by atoms with van der Waals surface area (Å²) in [4.78, 5) is 6.79. The van der Waals surface area contributed by atoms with E-state index in [0.29, 0.717) is 5.11 Å². The summed E-state index contributed by atoms with van der Waals surface area (Å²) in [7, 11) is 2.02. The van der Waals surface area contributed by atoms with Crippen molar-refractivity contribution in [2.75, 3.05) is 17.3 Å². The Morgan fingerprint density at radius 1 is 0.964 bits per heavy atom. The number of aryl methyl sites for hydroxylation is 1. The van der Waals surface area contributed by atoms with Gasteiger partial charge in [0.25, 0.3) is 0 Å². The average Bonchev–Trinajstić information content (AvgIpc) is 2.72. The quantitative estimate of drug-likeness (QED) is 0.322. The third-order valence-electron chi connectivity index (χ3n) is 4.11. The Bertz CT molecular complexity index is 940. The molecule has 3 aromatic rings. The van der Waals surface area contributed by atoms with Crippen LogP contribution in [0.5, 0.6) is 0 Å². The molecule has 3 rings (SSSR count). The molecule has 0 saturated carbocycles. The van der Waals surface area contributed by atoms with E-state index < -0.39 is 0 Å². The first-order chi connectivity index (χ1) is 13.6. The number of benzene rings is 3. The predicted molar refractivity (Wildman–Crippen MR) is 127 cm³/mol. The van der Waals surface area contributed by atoms with Gasteiger partial charge in [0, 0.05) is 24.2 Å². The third-order valence-corrected chi connectivity index (χ3v) is 5.40. The smallest absolute Gasteiger partial charge is 0.199 e. The fraction of sp³-hybridized carbons (Fsp3) is 0.130. The molecule has 28 heavy (non-hydrogen) atoms. The normalized spacial score (nSPS) is 11.1. The maximum Gasteiger partial charge on any atom is 0.199 e. The van der Waals surface area contributed by atoms with E-state index in [-0.39, 0.29) is 0 Å². The number of nitrogens with zero attached hydrogens (tertiary/aromatic N) is 2. The molecule has 0 fully saturated rings. The molecule has 3 aromatic carbocycles. The van der Waals surface area contributed by atoms with Gasteiger partial charge in [-0.15, -0.1) is 0 Å². The molecule has 3 nitrogen and oxygen atoms in total. The van der Waals surface area contributed by atoms with Crippen LogP contribution in [0.25, 0.3) is 0 Å². The Kier molecular flexibility index (Phi) is 7.23. The predicted octanol–water partition coefficient (Wildman–Crippen LogP) is 6.12. The van der Waals surface area contributed by atoms with Crippen molar-refractivity contribution in [3.05, 3.63) is 96.1 Å². The Morgan fingerprint density at radius 2 is 1.64 bits per heavy atom. The number of thioether (sulfide) groups is 1. The van der Waals surface area contributed by atoms with Crippen LogP contribution in [0.3, 0.4) is 0 Å². The van der Waals surface area contributed by atoms with Crippen LogP contribution in [0, 0.1) is 6.92 Å². The zero-order chi connectivity index (χ0) is 19.8. The van der Waals surface area contributed by atoms with Crippen molar-refractivity contribution in [2.45, 2.75) is 12.7 Å². The lowest BCUT2D eigenvalue weighted by atomic mass is 10.2. The number of amidine groups is 1. The summed E-state index contributed by atoms with van der Waals surface area (Å²) in [5, 5.41) is 4.52. The molecule has 0 heterocycles. The van der Waals surface area contributed by atoms with Gasteiger partial charge in [0.1, 0.15) is 0 Å². The van der Waals surface area contributed by atoms with Gasteiger partial charge in [-0.3, -0.25) is 0 Å². The highest BCUT2D eigenvalue weighted by Gasteiger charge is 2.11. The lowest BCUT2D eigenvalue weighted by Crippen LogP contribution is -2.25. The molecule has 0 spiro atoms. The van der Waals surface area contributed by atoms with Gasteiger partial charge in [0.2, 0.25) is 0 Å². The first kappa shape index (κ1) is 20.1. The maximum absolute atomic E-state index is 5.52. The molecule has 5 heteroatoms. The molecule has 0 radical (unpaired) electrons. The molecule has 1 N–H and O–H groups in total. The minimum absolute atomic E-state index is 0.448. The Morgan fingerprint density at radius 3 is 2.32 bits per heavy atom. The molecule has 0 saturated heterocycles. The van der Waals surface area contributed by atoms with E-state index in [4.69, 9.17) is 17.2 Å². The van der Waals surface area contributed by atoms with E-state index in [9.17, 15) is 0 Å². The van der Waals surface area contributed by atoms with Gasteiger partial charge in [0.15, 0.2) is 10.3 Å². The van der Waals surface area contributed by atoms with E-state index in [1.54, 1.807) is 11.8 Å². The van der Waals surface area contributed by atoms with Crippen molar-refractivity contribution < 1.29 is 0 Å². The summed E-state index contributed by atoms with van der Waals surface area (Å²) >= 11 is 7.19. The maximum atomic E-state index is 5.52. The van der Waals surface area contributed by atoms with Crippen molar-refractivity contribution in [1.82, 2.24) is 0 Å². The number of rotatable bonds is 4. The molecule has 0 aliphatic rings. The minimum atomic E-state index is 0.448. The van der Waals surface area contributed by atoms with E-state index in [1.807, 2.05) is 43.4 Å². The van der Waals surface area contributed by atoms with Crippen molar-refractivity contribution in [2.24, 2.45) is 4.99 Å². The number of aliphatic imine (C=N–C) groups is 1. The molecule has 0 bridgehead atoms. The van der Waals surface area contributed by atoms with E-state index in [2.05, 4.69) is 65.7 Å².